The van der Waals surface area contributed by atoms with Crippen LogP contribution in [0.5, 0.6) is 5.75 Å². The van der Waals surface area contributed by atoms with E-state index in [0.29, 0.717) is 18.6 Å². The molecule has 0 radical (unpaired) electrons. The van der Waals surface area contributed by atoms with Crippen LogP contribution in [0, 0.1) is 13.8 Å². The molecule has 6 rings (SSSR count). The molecule has 228 valence electrons. The van der Waals surface area contributed by atoms with Crippen molar-refractivity contribution in [3.8, 4) is 5.75 Å². The van der Waals surface area contributed by atoms with Crippen LogP contribution in [0.25, 0.3) is 10.9 Å². The summed E-state index contributed by atoms with van der Waals surface area (Å²) in [6.07, 6.45) is 0.850. The smallest absolute Gasteiger partial charge is 0.243 e. The zero-order valence-electron chi connectivity index (χ0n) is 24.8. The van der Waals surface area contributed by atoms with E-state index in [9.17, 15) is 21.9 Å². The van der Waals surface area contributed by atoms with Gasteiger partial charge in [-0.15, -0.1) is 0 Å². The fourth-order valence-electron chi connectivity index (χ4n) is 6.83. The Balaban J connectivity index is 1.49. The Morgan fingerprint density at radius 3 is 1.95 bits per heavy atom. The van der Waals surface area contributed by atoms with Crippen LogP contribution in [0.15, 0.2) is 76.5 Å². The molecule has 9 nitrogen and oxygen atoms in total. The number of hydrogen-bond donors (Lipinski definition) is 1. The fraction of sp³-hybridized carbons (Fsp3) is 0.375. The lowest BCUT2D eigenvalue weighted by molar-refractivity contribution is 0.115. The van der Waals surface area contributed by atoms with Crippen molar-refractivity contribution in [3.63, 3.8) is 0 Å². The van der Waals surface area contributed by atoms with Crippen molar-refractivity contribution < 1.29 is 26.7 Å². The van der Waals surface area contributed by atoms with Crippen molar-refractivity contribution in [2.75, 3.05) is 33.4 Å². The molecule has 1 fully saturated rings. The molecule has 3 heterocycles. The van der Waals surface area contributed by atoms with E-state index in [-0.39, 0.29) is 29.4 Å². The molecule has 0 aliphatic carbocycles. The highest BCUT2D eigenvalue weighted by molar-refractivity contribution is 7.89. The molecule has 4 aromatic rings. The van der Waals surface area contributed by atoms with Crippen molar-refractivity contribution in [2.45, 2.75) is 47.9 Å². The SMILES string of the molecule is COc1ccc2c3c(n(C)c2c1)[C@H](CO)N(S(=O)(=O)c1ccc(C)cc1)CC31CCN(S(=O)(=O)c2ccc(C)cc2)CC1. The van der Waals surface area contributed by atoms with Gasteiger partial charge >= 0.3 is 0 Å². The van der Waals surface area contributed by atoms with E-state index in [2.05, 4.69) is 0 Å². The summed E-state index contributed by atoms with van der Waals surface area (Å²) in [5.41, 5.74) is 3.82. The van der Waals surface area contributed by atoms with E-state index in [0.717, 1.165) is 33.3 Å². The number of hydrogen-bond acceptors (Lipinski definition) is 6. The van der Waals surface area contributed by atoms with Crippen LogP contribution in [-0.4, -0.2) is 68.5 Å². The summed E-state index contributed by atoms with van der Waals surface area (Å²) in [4.78, 5) is 0.412. The molecule has 2 aliphatic heterocycles. The number of aryl methyl sites for hydroxylation is 3. The minimum atomic E-state index is -4.01. The van der Waals surface area contributed by atoms with Gasteiger partial charge in [-0.2, -0.15) is 8.61 Å². The average Bonchev–Trinajstić information content (AvgIpc) is 3.30. The summed E-state index contributed by atoms with van der Waals surface area (Å²) in [7, 11) is -4.25. The van der Waals surface area contributed by atoms with E-state index < -0.39 is 38.1 Å². The van der Waals surface area contributed by atoms with Crippen LogP contribution >= 0.6 is 0 Å². The second-order valence-electron chi connectivity index (χ2n) is 11.8. The van der Waals surface area contributed by atoms with Gasteiger partial charge in [0.1, 0.15) is 5.75 Å². The Labute approximate surface area is 253 Å². The van der Waals surface area contributed by atoms with Gasteiger partial charge in [-0.3, -0.25) is 0 Å². The summed E-state index contributed by atoms with van der Waals surface area (Å²) in [6, 6.07) is 18.6. The maximum Gasteiger partial charge on any atom is 0.243 e. The topological polar surface area (TPSA) is 109 Å². The van der Waals surface area contributed by atoms with E-state index >= 15 is 0 Å². The zero-order chi connectivity index (χ0) is 30.7. The molecular weight excluding hydrogens is 587 g/mol. The first-order valence-corrected chi connectivity index (χ1v) is 17.2. The summed E-state index contributed by atoms with van der Waals surface area (Å²) in [5, 5.41) is 11.7. The highest BCUT2D eigenvalue weighted by Gasteiger charge is 2.52. The number of aromatic nitrogens is 1. The van der Waals surface area contributed by atoms with Gasteiger partial charge in [0.05, 0.1) is 35.1 Å². The number of rotatable bonds is 6. The number of methoxy groups -OCH3 is 1. The van der Waals surface area contributed by atoms with Crippen molar-refractivity contribution in [1.29, 1.82) is 0 Å². The zero-order valence-corrected chi connectivity index (χ0v) is 26.5. The van der Waals surface area contributed by atoms with Crippen LogP contribution in [0.2, 0.25) is 0 Å². The second kappa shape index (κ2) is 10.7. The first-order chi connectivity index (χ1) is 20.4. The maximum absolute atomic E-state index is 14.2. The minimum Gasteiger partial charge on any atom is -0.497 e. The summed E-state index contributed by atoms with van der Waals surface area (Å²) in [6.45, 7) is 4.03. The van der Waals surface area contributed by atoms with Gasteiger partial charge in [0.2, 0.25) is 20.0 Å². The van der Waals surface area contributed by atoms with Gasteiger partial charge in [0, 0.05) is 49.2 Å². The van der Waals surface area contributed by atoms with Gasteiger partial charge in [0.25, 0.3) is 0 Å². The Morgan fingerprint density at radius 2 is 1.42 bits per heavy atom. The standard InChI is InChI=1S/C32H37N3O6S2/c1-22-5-10-25(11-6-22)42(37,38)34-17-15-32(16-18-34)21-35(43(39,40)26-12-7-23(2)8-13-26)29(20-36)31-30(32)27-14-9-24(41-4)19-28(27)33(31)3/h5-14,19,29,36H,15-18,20-21H2,1-4H3/t29-/m0/s1. The van der Waals surface area contributed by atoms with Gasteiger partial charge in [-0.1, -0.05) is 35.4 Å². The molecule has 3 aromatic carbocycles. The Hall–Kier alpha value is -3.22. The van der Waals surface area contributed by atoms with Crippen LogP contribution in [0.4, 0.5) is 0 Å². The molecular formula is C32H37N3O6S2. The lowest BCUT2D eigenvalue weighted by atomic mass is 9.69. The van der Waals surface area contributed by atoms with E-state index in [1.807, 2.05) is 43.7 Å². The predicted octanol–water partition coefficient (Wildman–Crippen LogP) is 4.26. The lowest BCUT2D eigenvalue weighted by Crippen LogP contribution is -2.56. The van der Waals surface area contributed by atoms with Crippen molar-refractivity contribution in [2.24, 2.45) is 7.05 Å². The molecule has 0 unspecified atom stereocenters. The first kappa shape index (κ1) is 29.8. The van der Waals surface area contributed by atoms with Gasteiger partial charge in [0.15, 0.2) is 0 Å². The van der Waals surface area contributed by atoms with E-state index in [1.165, 1.54) is 8.61 Å². The van der Waals surface area contributed by atoms with Crippen molar-refractivity contribution in [1.82, 2.24) is 13.2 Å². The van der Waals surface area contributed by atoms with Crippen LogP contribution in [-0.2, 0) is 32.5 Å². The molecule has 1 saturated heterocycles. The molecule has 1 N–H and O–H groups in total. The van der Waals surface area contributed by atoms with Crippen molar-refractivity contribution in [3.05, 3.63) is 89.1 Å². The van der Waals surface area contributed by atoms with Gasteiger partial charge < -0.3 is 14.4 Å². The largest absolute Gasteiger partial charge is 0.497 e. The first-order valence-electron chi connectivity index (χ1n) is 14.4. The Morgan fingerprint density at radius 1 is 0.860 bits per heavy atom. The molecule has 0 saturated carbocycles. The Bertz CT molecular complexity index is 1890. The Kier molecular flexibility index (Phi) is 7.45. The number of benzene rings is 3. The summed E-state index contributed by atoms with van der Waals surface area (Å²) in [5.74, 6) is 0.670. The summed E-state index contributed by atoms with van der Waals surface area (Å²) < 4.78 is 66.1. The molecule has 1 aromatic heterocycles. The van der Waals surface area contributed by atoms with Crippen LogP contribution in [0.3, 0.4) is 0 Å². The highest BCUT2D eigenvalue weighted by atomic mass is 32.2. The number of fused-ring (bicyclic) bond motifs is 4. The predicted molar refractivity (Wildman–Crippen MR) is 165 cm³/mol. The number of piperidine rings is 1. The number of aliphatic hydroxyl groups is 1. The molecule has 43 heavy (non-hydrogen) atoms. The quantitative estimate of drug-likeness (QED) is 0.344. The maximum atomic E-state index is 14.2. The number of ether oxygens (including phenoxy) is 1. The lowest BCUT2D eigenvalue weighted by Gasteiger charge is -2.49. The monoisotopic (exact) mass is 623 g/mol. The molecule has 1 atom stereocenters. The van der Waals surface area contributed by atoms with Crippen LogP contribution in [0.1, 0.15) is 41.3 Å². The van der Waals surface area contributed by atoms with E-state index in [1.54, 1.807) is 55.6 Å². The normalized spacial score (nSPS) is 19.5. The fourth-order valence-corrected chi connectivity index (χ4v) is 9.94. The van der Waals surface area contributed by atoms with Crippen molar-refractivity contribution >= 4 is 30.9 Å². The molecule has 0 amide bonds. The third-order valence-electron chi connectivity index (χ3n) is 9.24. The van der Waals surface area contributed by atoms with Gasteiger partial charge in [-0.05, 0) is 68.7 Å². The molecule has 0 bridgehead atoms. The molecule has 1 spiro atoms. The summed E-state index contributed by atoms with van der Waals surface area (Å²) >= 11 is 0. The molecule has 2 aliphatic rings. The average molecular weight is 624 g/mol. The molecule has 11 heteroatoms. The van der Waals surface area contributed by atoms with E-state index in [4.69, 9.17) is 4.74 Å². The second-order valence-corrected chi connectivity index (χ2v) is 15.6. The minimum absolute atomic E-state index is 0.130. The third kappa shape index (κ3) is 4.78. The number of nitrogens with zero attached hydrogens (tertiary/aromatic N) is 3. The number of aliphatic hydroxyl groups excluding tert-OH is 1. The number of sulfonamides is 2. The van der Waals surface area contributed by atoms with Crippen LogP contribution < -0.4 is 4.74 Å². The van der Waals surface area contributed by atoms with Gasteiger partial charge in [-0.25, -0.2) is 16.8 Å². The highest BCUT2D eigenvalue weighted by Crippen LogP contribution is 2.51. The third-order valence-corrected chi connectivity index (χ3v) is 13.0.